The third kappa shape index (κ3) is 3.84. The van der Waals surface area contributed by atoms with Gasteiger partial charge in [-0.25, -0.2) is 14.9 Å². The molecule has 0 aliphatic heterocycles. The molecular weight excluding hydrogens is 343 g/mol. The van der Waals surface area contributed by atoms with Gasteiger partial charge in [0.05, 0.1) is 18.8 Å². The number of aryl methyl sites for hydroxylation is 1. The first kappa shape index (κ1) is 17.5. The molecule has 1 aromatic carbocycles. The number of aliphatic hydroxyl groups is 1. The minimum absolute atomic E-state index is 0.00597. The minimum Gasteiger partial charge on any atom is -0.394 e. The van der Waals surface area contributed by atoms with Crippen molar-refractivity contribution in [2.24, 2.45) is 0 Å². The van der Waals surface area contributed by atoms with E-state index in [-0.39, 0.29) is 25.5 Å². The van der Waals surface area contributed by atoms with Crippen LogP contribution in [-0.4, -0.2) is 29.2 Å². The van der Waals surface area contributed by atoms with E-state index < -0.39 is 5.91 Å². The van der Waals surface area contributed by atoms with Gasteiger partial charge < -0.3 is 5.11 Å². The molecule has 0 unspecified atom stereocenters. The summed E-state index contributed by atoms with van der Waals surface area (Å²) < 4.78 is 14.2. The Morgan fingerprint density at radius 2 is 2.24 bits per heavy atom. The third-order valence-electron chi connectivity index (χ3n) is 3.68. The third-order valence-corrected chi connectivity index (χ3v) is 4.80. The molecular formula is C18H17FN2O3S. The summed E-state index contributed by atoms with van der Waals surface area (Å²) in [5.74, 6) is -0.733. The number of carbonyl (C=O) groups excluding carboxylic acids is 1. The zero-order valence-electron chi connectivity index (χ0n) is 13.6. The topological polar surface area (TPSA) is 71.5 Å². The summed E-state index contributed by atoms with van der Waals surface area (Å²) in [5, 5.41) is 9.45. The Kier molecular flexibility index (Phi) is 5.37. The predicted molar refractivity (Wildman–Crippen MR) is 94.1 cm³/mol. The Balaban J connectivity index is 1.99. The van der Waals surface area contributed by atoms with Crippen molar-refractivity contribution < 1.29 is 19.1 Å². The molecule has 0 saturated heterocycles. The molecule has 0 aliphatic carbocycles. The van der Waals surface area contributed by atoms with Crippen molar-refractivity contribution in [2.45, 2.75) is 13.3 Å². The van der Waals surface area contributed by atoms with Gasteiger partial charge in [-0.3, -0.25) is 9.63 Å². The number of pyridine rings is 1. The molecule has 0 aliphatic rings. The van der Waals surface area contributed by atoms with Gasteiger partial charge in [-0.05, 0) is 36.2 Å². The molecule has 0 atom stereocenters. The number of fused-ring (bicyclic) bond motifs is 1. The highest BCUT2D eigenvalue weighted by Gasteiger charge is 2.20. The van der Waals surface area contributed by atoms with Crippen LogP contribution in [0.2, 0.25) is 0 Å². The number of nitrogens with one attached hydrogen (secondary N) is 1. The lowest BCUT2D eigenvalue weighted by molar-refractivity contribution is 0.0169. The quantitative estimate of drug-likeness (QED) is 0.524. The molecule has 0 bridgehead atoms. The number of nitrogens with zero attached hydrogens (tertiary/aromatic N) is 1. The standard InChI is InChI=1S/C18H17FN2O3S/c1-11-4-5-12(14(19)9-11)10-15-16(17(23)21-24-8-7-22)13-3-2-6-20-18(13)25-15/h2-6,9,22H,7-8,10H2,1H3,(H,21,23). The van der Waals surface area contributed by atoms with E-state index in [0.717, 1.165) is 5.56 Å². The summed E-state index contributed by atoms with van der Waals surface area (Å²) in [7, 11) is 0. The Labute approximate surface area is 148 Å². The van der Waals surface area contributed by atoms with Crippen molar-refractivity contribution in [3.8, 4) is 0 Å². The highest BCUT2D eigenvalue weighted by molar-refractivity contribution is 7.19. The van der Waals surface area contributed by atoms with Gasteiger partial charge in [0.1, 0.15) is 10.6 Å². The Morgan fingerprint density at radius 1 is 1.40 bits per heavy atom. The Morgan fingerprint density at radius 3 is 3.00 bits per heavy atom. The van der Waals surface area contributed by atoms with Crippen molar-refractivity contribution in [1.82, 2.24) is 10.5 Å². The molecule has 0 spiro atoms. The Bertz CT molecular complexity index is 910. The largest absolute Gasteiger partial charge is 0.394 e. The zero-order chi connectivity index (χ0) is 17.8. The summed E-state index contributed by atoms with van der Waals surface area (Å²) in [6.07, 6.45) is 1.94. The first-order chi connectivity index (χ1) is 12.1. The van der Waals surface area contributed by atoms with Crippen LogP contribution in [0.4, 0.5) is 4.39 Å². The van der Waals surface area contributed by atoms with Crippen LogP contribution in [0.5, 0.6) is 0 Å². The number of rotatable bonds is 6. The molecule has 0 fully saturated rings. The fraction of sp³-hybridized carbons (Fsp3) is 0.222. The lowest BCUT2D eigenvalue weighted by Gasteiger charge is -2.08. The number of thiophene rings is 1. The monoisotopic (exact) mass is 360 g/mol. The normalized spacial score (nSPS) is 11.0. The lowest BCUT2D eigenvalue weighted by atomic mass is 10.0. The lowest BCUT2D eigenvalue weighted by Crippen LogP contribution is -2.25. The van der Waals surface area contributed by atoms with E-state index in [1.54, 1.807) is 24.4 Å². The maximum absolute atomic E-state index is 14.2. The first-order valence-corrected chi connectivity index (χ1v) is 8.56. The van der Waals surface area contributed by atoms with E-state index in [4.69, 9.17) is 9.94 Å². The van der Waals surface area contributed by atoms with Crippen LogP contribution in [0.25, 0.3) is 10.2 Å². The molecule has 3 aromatic rings. The molecule has 2 aromatic heterocycles. The first-order valence-electron chi connectivity index (χ1n) is 7.74. The van der Waals surface area contributed by atoms with Crippen LogP contribution in [0.15, 0.2) is 36.5 Å². The van der Waals surface area contributed by atoms with Crippen LogP contribution in [0, 0.1) is 12.7 Å². The molecule has 25 heavy (non-hydrogen) atoms. The molecule has 5 nitrogen and oxygen atoms in total. The maximum Gasteiger partial charge on any atom is 0.276 e. The van der Waals surface area contributed by atoms with Crippen molar-refractivity contribution in [3.63, 3.8) is 0 Å². The van der Waals surface area contributed by atoms with Crippen LogP contribution in [-0.2, 0) is 11.3 Å². The number of aromatic nitrogens is 1. The molecule has 2 heterocycles. The molecule has 3 rings (SSSR count). The summed E-state index contributed by atoms with van der Waals surface area (Å²) in [4.78, 5) is 23.1. The number of benzene rings is 1. The fourth-order valence-corrected chi connectivity index (χ4v) is 3.70. The van der Waals surface area contributed by atoms with Gasteiger partial charge in [0.2, 0.25) is 0 Å². The number of hydrogen-bond acceptors (Lipinski definition) is 5. The zero-order valence-corrected chi connectivity index (χ0v) is 14.4. The molecule has 0 radical (unpaired) electrons. The maximum atomic E-state index is 14.2. The van der Waals surface area contributed by atoms with Crippen molar-refractivity contribution in [3.05, 3.63) is 63.9 Å². The van der Waals surface area contributed by atoms with E-state index in [1.165, 1.54) is 17.4 Å². The highest BCUT2D eigenvalue weighted by Crippen LogP contribution is 2.32. The number of amides is 1. The van der Waals surface area contributed by atoms with Gasteiger partial charge in [0.15, 0.2) is 0 Å². The van der Waals surface area contributed by atoms with Gasteiger partial charge in [0.25, 0.3) is 5.91 Å². The van der Waals surface area contributed by atoms with E-state index in [2.05, 4.69) is 10.5 Å². The minimum atomic E-state index is -0.435. The Hall–Kier alpha value is -2.35. The molecule has 7 heteroatoms. The van der Waals surface area contributed by atoms with Crippen LogP contribution in [0.1, 0.15) is 26.4 Å². The van der Waals surface area contributed by atoms with Crippen molar-refractivity contribution >= 4 is 27.5 Å². The second-order valence-corrected chi connectivity index (χ2v) is 6.61. The van der Waals surface area contributed by atoms with E-state index >= 15 is 0 Å². The van der Waals surface area contributed by atoms with E-state index in [1.807, 2.05) is 13.0 Å². The predicted octanol–water partition coefficient (Wildman–Crippen LogP) is 2.99. The summed E-state index contributed by atoms with van der Waals surface area (Å²) in [5.41, 5.74) is 4.09. The van der Waals surface area contributed by atoms with Gasteiger partial charge in [-0.15, -0.1) is 11.3 Å². The summed E-state index contributed by atoms with van der Waals surface area (Å²) in [6, 6.07) is 8.59. The number of aliphatic hydroxyl groups excluding tert-OH is 1. The van der Waals surface area contributed by atoms with Gasteiger partial charge in [-0.2, -0.15) is 0 Å². The van der Waals surface area contributed by atoms with Crippen LogP contribution >= 0.6 is 11.3 Å². The van der Waals surface area contributed by atoms with Crippen molar-refractivity contribution in [2.75, 3.05) is 13.2 Å². The number of halogens is 1. The fourth-order valence-electron chi connectivity index (χ4n) is 2.54. The molecule has 2 N–H and O–H groups in total. The number of hydroxylamine groups is 1. The SMILES string of the molecule is Cc1ccc(Cc2sc3ncccc3c2C(=O)NOCCO)c(F)c1. The molecule has 130 valence electrons. The highest BCUT2D eigenvalue weighted by atomic mass is 32.1. The van der Waals surface area contributed by atoms with E-state index in [0.29, 0.717) is 26.2 Å². The second-order valence-electron chi connectivity index (χ2n) is 5.53. The van der Waals surface area contributed by atoms with Crippen LogP contribution < -0.4 is 5.48 Å². The van der Waals surface area contributed by atoms with Gasteiger partial charge in [-0.1, -0.05) is 12.1 Å². The average molecular weight is 360 g/mol. The molecule has 0 saturated carbocycles. The van der Waals surface area contributed by atoms with E-state index in [9.17, 15) is 9.18 Å². The van der Waals surface area contributed by atoms with Gasteiger partial charge >= 0.3 is 0 Å². The second kappa shape index (κ2) is 7.69. The van der Waals surface area contributed by atoms with Crippen molar-refractivity contribution in [1.29, 1.82) is 0 Å². The summed E-state index contributed by atoms with van der Waals surface area (Å²) >= 11 is 1.36. The average Bonchev–Trinajstić information content (AvgIpc) is 2.95. The summed E-state index contributed by atoms with van der Waals surface area (Å²) in [6.45, 7) is 1.62. The smallest absolute Gasteiger partial charge is 0.276 e. The molecule has 1 amide bonds. The van der Waals surface area contributed by atoms with Gasteiger partial charge in [0, 0.05) is 22.9 Å². The number of hydrogen-bond donors (Lipinski definition) is 2. The van der Waals surface area contributed by atoms with Crippen LogP contribution in [0.3, 0.4) is 0 Å². The number of carbonyl (C=O) groups is 1.